The van der Waals surface area contributed by atoms with Crippen molar-refractivity contribution < 1.29 is 19.0 Å². The maximum Gasteiger partial charge on any atom is 0.203 e. The van der Waals surface area contributed by atoms with E-state index in [1.165, 1.54) is 0 Å². The second-order valence-electron chi connectivity index (χ2n) is 6.49. The fraction of sp³-hybridized carbons (Fsp3) is 0.333. The molecule has 0 spiro atoms. The lowest BCUT2D eigenvalue weighted by molar-refractivity contribution is -0.118. The van der Waals surface area contributed by atoms with Crippen LogP contribution in [0.5, 0.6) is 17.2 Å². The Hall–Kier alpha value is -2.86. The molecular formula is C21H24N2O4. The van der Waals surface area contributed by atoms with Crippen LogP contribution in [-0.2, 0) is 4.79 Å². The Morgan fingerprint density at radius 3 is 2.37 bits per heavy atom. The van der Waals surface area contributed by atoms with Gasteiger partial charge in [0.15, 0.2) is 17.3 Å². The average Bonchev–Trinajstić information content (AvgIpc) is 2.70. The number of carbonyl (C=O) groups excluding carboxylic acids is 1. The lowest BCUT2D eigenvalue weighted by atomic mass is 9.86. The third kappa shape index (κ3) is 3.80. The van der Waals surface area contributed by atoms with Gasteiger partial charge in [-0.15, -0.1) is 0 Å². The van der Waals surface area contributed by atoms with E-state index in [4.69, 9.17) is 14.2 Å². The third-order valence-corrected chi connectivity index (χ3v) is 4.74. The number of rotatable bonds is 5. The monoisotopic (exact) mass is 368 g/mol. The summed E-state index contributed by atoms with van der Waals surface area (Å²) in [5.41, 5.74) is 2.49. The van der Waals surface area contributed by atoms with Gasteiger partial charge in [0.1, 0.15) is 0 Å². The van der Waals surface area contributed by atoms with Crippen molar-refractivity contribution in [2.24, 2.45) is 0 Å². The fourth-order valence-corrected chi connectivity index (χ4v) is 3.45. The molecule has 3 rings (SSSR count). The van der Waals surface area contributed by atoms with Crippen LogP contribution < -0.4 is 14.2 Å². The highest BCUT2D eigenvalue weighted by Gasteiger charge is 2.31. The molecule has 1 aromatic carbocycles. The molecule has 1 atom stereocenters. The van der Waals surface area contributed by atoms with Gasteiger partial charge in [-0.1, -0.05) is 0 Å². The molecule has 27 heavy (non-hydrogen) atoms. The van der Waals surface area contributed by atoms with Crippen molar-refractivity contribution in [3.05, 3.63) is 53.4 Å². The van der Waals surface area contributed by atoms with Gasteiger partial charge in [0, 0.05) is 36.6 Å². The highest BCUT2D eigenvalue weighted by molar-refractivity contribution is 6.05. The van der Waals surface area contributed by atoms with E-state index >= 15 is 0 Å². The van der Waals surface area contributed by atoms with Gasteiger partial charge in [0.2, 0.25) is 5.75 Å². The van der Waals surface area contributed by atoms with Crippen LogP contribution in [0, 0.1) is 0 Å². The van der Waals surface area contributed by atoms with Gasteiger partial charge < -0.3 is 19.1 Å². The Morgan fingerprint density at radius 1 is 1.04 bits per heavy atom. The van der Waals surface area contributed by atoms with Crippen LogP contribution in [0.15, 0.2) is 42.2 Å². The van der Waals surface area contributed by atoms with Crippen molar-refractivity contribution in [1.82, 2.24) is 9.88 Å². The van der Waals surface area contributed by atoms with E-state index in [-0.39, 0.29) is 11.7 Å². The molecular weight excluding hydrogens is 344 g/mol. The number of hydrogen-bond acceptors (Lipinski definition) is 6. The van der Waals surface area contributed by atoms with Crippen molar-refractivity contribution in [2.75, 3.05) is 41.5 Å². The molecule has 1 saturated heterocycles. The Kier molecular flexibility index (Phi) is 5.76. The minimum absolute atomic E-state index is 0.121. The highest BCUT2D eigenvalue weighted by atomic mass is 16.5. The number of ether oxygens (including phenoxy) is 3. The van der Waals surface area contributed by atoms with Crippen molar-refractivity contribution in [3.8, 4) is 17.2 Å². The van der Waals surface area contributed by atoms with E-state index in [0.29, 0.717) is 30.3 Å². The quantitative estimate of drug-likeness (QED) is 0.757. The van der Waals surface area contributed by atoms with E-state index in [2.05, 4.69) is 9.88 Å². The molecule has 1 aliphatic heterocycles. The van der Waals surface area contributed by atoms with E-state index in [9.17, 15) is 4.79 Å². The largest absolute Gasteiger partial charge is 0.493 e. The molecule has 1 aromatic heterocycles. The molecule has 0 N–H and O–H groups in total. The number of methoxy groups -OCH3 is 3. The molecule has 1 unspecified atom stereocenters. The molecule has 0 amide bonds. The lowest BCUT2D eigenvalue weighted by Crippen LogP contribution is -2.38. The summed E-state index contributed by atoms with van der Waals surface area (Å²) in [5.74, 6) is 1.56. The Morgan fingerprint density at radius 2 is 1.74 bits per heavy atom. The van der Waals surface area contributed by atoms with Crippen LogP contribution in [0.3, 0.4) is 0 Å². The van der Waals surface area contributed by atoms with Crippen molar-refractivity contribution in [2.45, 2.75) is 5.92 Å². The molecule has 1 aliphatic rings. The summed E-state index contributed by atoms with van der Waals surface area (Å²) in [7, 11) is 6.73. The van der Waals surface area contributed by atoms with Crippen LogP contribution in [-0.4, -0.2) is 57.1 Å². The molecule has 6 heteroatoms. The second kappa shape index (κ2) is 8.22. The number of benzene rings is 1. The predicted molar refractivity (Wildman–Crippen MR) is 104 cm³/mol. The number of likely N-dealkylation sites (N-methyl/N-ethyl adjacent to an activating group) is 1. The van der Waals surface area contributed by atoms with Gasteiger partial charge >= 0.3 is 0 Å². The number of aromatic nitrogens is 1. The molecule has 2 aromatic rings. The topological polar surface area (TPSA) is 60.9 Å². The molecule has 0 radical (unpaired) electrons. The van der Waals surface area contributed by atoms with Crippen LogP contribution >= 0.6 is 0 Å². The van der Waals surface area contributed by atoms with Crippen LogP contribution in [0.2, 0.25) is 0 Å². The van der Waals surface area contributed by atoms with E-state index in [1.54, 1.807) is 33.7 Å². The summed E-state index contributed by atoms with van der Waals surface area (Å²) < 4.78 is 16.3. The minimum atomic E-state index is -0.205. The zero-order chi connectivity index (χ0) is 19.4. The molecule has 142 valence electrons. The first-order valence-electron chi connectivity index (χ1n) is 8.71. The first kappa shape index (κ1) is 18.9. The predicted octanol–water partition coefficient (Wildman–Crippen LogP) is 2.79. The average molecular weight is 368 g/mol. The number of nitrogens with zero attached hydrogens (tertiary/aromatic N) is 2. The highest BCUT2D eigenvalue weighted by Crippen LogP contribution is 2.41. The minimum Gasteiger partial charge on any atom is -0.493 e. The second-order valence-corrected chi connectivity index (χ2v) is 6.49. The smallest absolute Gasteiger partial charge is 0.203 e. The molecule has 1 fully saturated rings. The zero-order valence-corrected chi connectivity index (χ0v) is 16.1. The van der Waals surface area contributed by atoms with E-state index in [1.807, 2.05) is 37.4 Å². The van der Waals surface area contributed by atoms with Gasteiger partial charge in [-0.3, -0.25) is 9.78 Å². The zero-order valence-electron chi connectivity index (χ0n) is 16.1. The Bertz CT molecular complexity index is 849. The molecule has 0 aliphatic carbocycles. The van der Waals surface area contributed by atoms with Gasteiger partial charge in [-0.05, 0) is 43.0 Å². The van der Waals surface area contributed by atoms with Crippen LogP contribution in [0.25, 0.3) is 6.08 Å². The van der Waals surface area contributed by atoms with Crippen LogP contribution in [0.4, 0.5) is 0 Å². The standard InChI is InChI=1S/C21H24N2O4/c1-23-12-16(19(24)17(13-23)14-7-9-22-10-8-14)11-15-5-6-18(25-2)21(27-4)20(15)26-3/h5-11,17H,12-13H2,1-4H3. The summed E-state index contributed by atoms with van der Waals surface area (Å²) in [6.45, 7) is 1.27. The molecule has 6 nitrogen and oxygen atoms in total. The summed E-state index contributed by atoms with van der Waals surface area (Å²) in [4.78, 5) is 19.3. The Labute approximate surface area is 159 Å². The van der Waals surface area contributed by atoms with E-state index in [0.717, 1.165) is 16.7 Å². The molecule has 0 bridgehead atoms. The Balaban J connectivity index is 2.02. The summed E-state index contributed by atoms with van der Waals surface area (Å²) in [5, 5.41) is 0. The summed E-state index contributed by atoms with van der Waals surface area (Å²) in [6.07, 6.45) is 5.32. The van der Waals surface area contributed by atoms with Crippen molar-refractivity contribution in [3.63, 3.8) is 0 Å². The maximum absolute atomic E-state index is 13.1. The molecule has 0 saturated carbocycles. The number of pyridine rings is 1. The first-order chi connectivity index (χ1) is 13.1. The first-order valence-corrected chi connectivity index (χ1v) is 8.71. The lowest BCUT2D eigenvalue weighted by Gasteiger charge is -2.31. The number of piperidine rings is 1. The number of ketones is 1. The van der Waals surface area contributed by atoms with Gasteiger partial charge in [-0.25, -0.2) is 0 Å². The van der Waals surface area contributed by atoms with Crippen molar-refractivity contribution >= 4 is 11.9 Å². The van der Waals surface area contributed by atoms with Gasteiger partial charge in [0.25, 0.3) is 0 Å². The summed E-state index contributed by atoms with van der Waals surface area (Å²) in [6, 6.07) is 7.48. The summed E-state index contributed by atoms with van der Waals surface area (Å²) >= 11 is 0. The van der Waals surface area contributed by atoms with Crippen molar-refractivity contribution in [1.29, 1.82) is 0 Å². The SMILES string of the molecule is COc1ccc(C=C2CN(C)CC(c3ccncc3)C2=O)c(OC)c1OC. The third-order valence-electron chi connectivity index (χ3n) is 4.74. The fourth-order valence-electron chi connectivity index (χ4n) is 3.45. The molecule has 2 heterocycles. The van der Waals surface area contributed by atoms with E-state index < -0.39 is 0 Å². The number of Topliss-reactive ketones (excluding diaryl/α,β-unsaturated/α-hetero) is 1. The maximum atomic E-state index is 13.1. The normalized spacial score (nSPS) is 19.2. The van der Waals surface area contributed by atoms with Crippen LogP contribution in [0.1, 0.15) is 17.0 Å². The van der Waals surface area contributed by atoms with Gasteiger partial charge in [0.05, 0.1) is 27.2 Å². The number of carbonyl (C=O) groups is 1. The van der Waals surface area contributed by atoms with Gasteiger partial charge in [-0.2, -0.15) is 0 Å². The number of hydrogen-bond donors (Lipinski definition) is 0. The number of likely N-dealkylation sites (tertiary alicyclic amines) is 1.